The standard InChI is InChI=1S/C14H17N3O/c1-11(12-7-3-2-4-8-12)13(14(15)16-18)17-9-5-6-10-17/h2-11,13,18H,1H3,(H2,15,16)/t11-,13-/m0/s1. The summed E-state index contributed by atoms with van der Waals surface area (Å²) in [4.78, 5) is 0. The first-order valence-corrected chi connectivity index (χ1v) is 5.89. The number of aromatic nitrogens is 1. The van der Waals surface area contributed by atoms with Crippen LogP contribution in [-0.2, 0) is 0 Å². The Morgan fingerprint density at radius 2 is 1.78 bits per heavy atom. The van der Waals surface area contributed by atoms with Crippen LogP contribution in [0.25, 0.3) is 0 Å². The second kappa shape index (κ2) is 5.40. The summed E-state index contributed by atoms with van der Waals surface area (Å²) >= 11 is 0. The predicted molar refractivity (Wildman–Crippen MR) is 71.7 cm³/mol. The zero-order valence-corrected chi connectivity index (χ0v) is 10.3. The van der Waals surface area contributed by atoms with Crippen molar-refractivity contribution in [1.82, 2.24) is 4.57 Å². The third-order valence-corrected chi connectivity index (χ3v) is 3.17. The Morgan fingerprint density at radius 1 is 1.17 bits per heavy atom. The lowest BCUT2D eigenvalue weighted by molar-refractivity contribution is 0.312. The molecule has 3 N–H and O–H groups in total. The molecule has 0 fully saturated rings. The average Bonchev–Trinajstić information content (AvgIpc) is 2.93. The van der Waals surface area contributed by atoms with E-state index in [0.29, 0.717) is 0 Å². The van der Waals surface area contributed by atoms with E-state index < -0.39 is 0 Å². The van der Waals surface area contributed by atoms with Crippen LogP contribution in [0.3, 0.4) is 0 Å². The smallest absolute Gasteiger partial charge is 0.162 e. The molecule has 4 nitrogen and oxygen atoms in total. The first kappa shape index (κ1) is 12.2. The third kappa shape index (κ3) is 2.37. The Bertz CT molecular complexity index is 505. The van der Waals surface area contributed by atoms with Crippen molar-refractivity contribution in [1.29, 1.82) is 0 Å². The first-order chi connectivity index (χ1) is 8.74. The molecule has 18 heavy (non-hydrogen) atoms. The van der Waals surface area contributed by atoms with Crippen molar-refractivity contribution in [2.24, 2.45) is 10.9 Å². The van der Waals surface area contributed by atoms with Gasteiger partial charge in [-0.05, 0) is 17.7 Å². The Kier molecular flexibility index (Phi) is 3.67. The maximum Gasteiger partial charge on any atom is 0.162 e. The minimum atomic E-state index is -0.188. The number of oxime groups is 1. The van der Waals surface area contributed by atoms with Gasteiger partial charge in [-0.2, -0.15) is 0 Å². The number of hydrogen-bond donors (Lipinski definition) is 2. The summed E-state index contributed by atoms with van der Waals surface area (Å²) in [5.41, 5.74) is 6.98. The highest BCUT2D eigenvalue weighted by atomic mass is 16.4. The van der Waals surface area contributed by atoms with Gasteiger partial charge in [-0.3, -0.25) is 0 Å². The van der Waals surface area contributed by atoms with Crippen LogP contribution in [0, 0.1) is 0 Å². The van der Waals surface area contributed by atoms with Crippen LogP contribution < -0.4 is 5.73 Å². The van der Waals surface area contributed by atoms with Gasteiger partial charge in [-0.1, -0.05) is 42.4 Å². The fourth-order valence-electron chi connectivity index (χ4n) is 2.20. The van der Waals surface area contributed by atoms with Gasteiger partial charge in [0.25, 0.3) is 0 Å². The SMILES string of the molecule is C[C@@H](c1ccccc1)[C@@H](C(N)=NO)n1cccc1. The van der Waals surface area contributed by atoms with Crippen molar-refractivity contribution in [3.05, 3.63) is 60.4 Å². The minimum absolute atomic E-state index is 0.120. The molecule has 0 radical (unpaired) electrons. The molecule has 0 aliphatic rings. The molecule has 1 aromatic heterocycles. The Labute approximate surface area is 106 Å². The van der Waals surface area contributed by atoms with Gasteiger partial charge in [0.1, 0.15) is 6.04 Å². The maximum atomic E-state index is 8.95. The van der Waals surface area contributed by atoms with Crippen molar-refractivity contribution in [3.63, 3.8) is 0 Å². The summed E-state index contributed by atoms with van der Waals surface area (Å²) in [6, 6.07) is 13.7. The largest absolute Gasteiger partial charge is 0.409 e. The minimum Gasteiger partial charge on any atom is -0.409 e. The van der Waals surface area contributed by atoms with Gasteiger partial charge in [0.2, 0.25) is 0 Å². The Balaban J connectivity index is 2.36. The number of rotatable bonds is 4. The molecule has 0 aliphatic carbocycles. The highest BCUT2D eigenvalue weighted by Gasteiger charge is 2.24. The van der Waals surface area contributed by atoms with Crippen molar-refractivity contribution >= 4 is 5.84 Å². The number of amidine groups is 1. The third-order valence-electron chi connectivity index (χ3n) is 3.17. The maximum absolute atomic E-state index is 8.95. The quantitative estimate of drug-likeness (QED) is 0.375. The monoisotopic (exact) mass is 243 g/mol. The van der Waals surface area contributed by atoms with Gasteiger partial charge in [0.15, 0.2) is 5.84 Å². The summed E-state index contributed by atoms with van der Waals surface area (Å²) in [5.74, 6) is 0.331. The molecule has 0 amide bonds. The molecule has 0 unspecified atom stereocenters. The van der Waals surface area contributed by atoms with Crippen molar-refractivity contribution < 1.29 is 5.21 Å². The number of benzene rings is 1. The van der Waals surface area contributed by atoms with Crippen LogP contribution >= 0.6 is 0 Å². The van der Waals surface area contributed by atoms with E-state index in [-0.39, 0.29) is 17.8 Å². The van der Waals surface area contributed by atoms with Gasteiger partial charge in [0, 0.05) is 18.3 Å². The van der Waals surface area contributed by atoms with Crippen LogP contribution in [0.15, 0.2) is 60.0 Å². The molecule has 0 saturated carbocycles. The lowest BCUT2D eigenvalue weighted by atomic mass is 9.92. The summed E-state index contributed by atoms with van der Waals surface area (Å²) in [7, 11) is 0. The molecular formula is C14H17N3O. The van der Waals surface area contributed by atoms with E-state index in [0.717, 1.165) is 5.56 Å². The van der Waals surface area contributed by atoms with Gasteiger partial charge in [-0.15, -0.1) is 0 Å². The highest BCUT2D eigenvalue weighted by molar-refractivity contribution is 5.84. The Morgan fingerprint density at radius 3 is 2.33 bits per heavy atom. The van der Waals surface area contributed by atoms with E-state index in [1.807, 2.05) is 59.4 Å². The molecule has 1 aromatic carbocycles. The molecule has 2 aromatic rings. The van der Waals surface area contributed by atoms with Gasteiger partial charge in [0.05, 0.1) is 0 Å². The summed E-state index contributed by atoms with van der Waals surface area (Å²) in [5, 5.41) is 12.1. The van der Waals surface area contributed by atoms with Crippen LogP contribution in [0.5, 0.6) is 0 Å². The summed E-state index contributed by atoms with van der Waals surface area (Å²) < 4.78 is 1.95. The fourth-order valence-corrected chi connectivity index (χ4v) is 2.20. The van der Waals surface area contributed by atoms with E-state index in [1.165, 1.54) is 0 Å². The topological polar surface area (TPSA) is 63.5 Å². The van der Waals surface area contributed by atoms with Gasteiger partial charge in [-0.25, -0.2) is 0 Å². The van der Waals surface area contributed by atoms with Crippen LogP contribution in [0.2, 0.25) is 0 Å². The van der Waals surface area contributed by atoms with E-state index in [2.05, 4.69) is 12.1 Å². The molecule has 0 bridgehead atoms. The van der Waals surface area contributed by atoms with Gasteiger partial charge < -0.3 is 15.5 Å². The van der Waals surface area contributed by atoms with E-state index >= 15 is 0 Å². The van der Waals surface area contributed by atoms with Crippen LogP contribution in [-0.4, -0.2) is 15.6 Å². The average molecular weight is 243 g/mol. The second-order valence-corrected chi connectivity index (χ2v) is 4.30. The molecule has 1 heterocycles. The van der Waals surface area contributed by atoms with Crippen LogP contribution in [0.1, 0.15) is 24.4 Å². The molecule has 0 aliphatic heterocycles. The fraction of sp³-hybridized carbons (Fsp3) is 0.214. The van der Waals surface area contributed by atoms with Crippen molar-refractivity contribution in [2.75, 3.05) is 0 Å². The lowest BCUT2D eigenvalue weighted by Crippen LogP contribution is -2.30. The van der Waals surface area contributed by atoms with Gasteiger partial charge >= 0.3 is 0 Å². The lowest BCUT2D eigenvalue weighted by Gasteiger charge is -2.24. The summed E-state index contributed by atoms with van der Waals surface area (Å²) in [6.45, 7) is 2.07. The highest BCUT2D eigenvalue weighted by Crippen LogP contribution is 2.28. The summed E-state index contributed by atoms with van der Waals surface area (Å²) in [6.07, 6.45) is 3.84. The molecule has 0 spiro atoms. The second-order valence-electron chi connectivity index (χ2n) is 4.30. The zero-order chi connectivity index (χ0) is 13.0. The molecule has 2 atom stereocenters. The van der Waals surface area contributed by atoms with E-state index in [4.69, 9.17) is 10.9 Å². The van der Waals surface area contributed by atoms with E-state index in [9.17, 15) is 0 Å². The van der Waals surface area contributed by atoms with Crippen molar-refractivity contribution in [3.8, 4) is 0 Å². The van der Waals surface area contributed by atoms with Crippen molar-refractivity contribution in [2.45, 2.75) is 18.9 Å². The zero-order valence-electron chi connectivity index (χ0n) is 10.3. The molecule has 4 heteroatoms. The van der Waals surface area contributed by atoms with Crippen LogP contribution in [0.4, 0.5) is 0 Å². The predicted octanol–water partition coefficient (Wildman–Crippen LogP) is 2.58. The number of nitrogens with zero attached hydrogens (tertiary/aromatic N) is 2. The molecule has 2 rings (SSSR count). The number of hydrogen-bond acceptors (Lipinski definition) is 2. The molecule has 94 valence electrons. The molecule has 0 saturated heterocycles. The number of nitrogens with two attached hydrogens (primary N) is 1. The normalized spacial score (nSPS) is 15.3. The van der Waals surface area contributed by atoms with E-state index in [1.54, 1.807) is 0 Å². The Hall–Kier alpha value is -2.23. The molecular weight excluding hydrogens is 226 g/mol. The first-order valence-electron chi connectivity index (χ1n) is 5.89.